The molecule has 0 radical (unpaired) electrons. The molecule has 6 unspecified atom stereocenters. The normalized spacial score (nSPS) is 32.1. The number of hydrogen-bond donors (Lipinski definition) is 1. The Morgan fingerprint density at radius 1 is 0.896 bits per heavy atom. The van der Waals surface area contributed by atoms with Crippen LogP contribution in [0.15, 0.2) is 11.6 Å². The zero-order valence-corrected chi connectivity index (χ0v) is 27.9. The molecular formula is C33H48N2O13. The molecule has 268 valence electrons. The summed E-state index contributed by atoms with van der Waals surface area (Å²) in [6.07, 6.45) is 6.91. The van der Waals surface area contributed by atoms with Gasteiger partial charge in [-0.1, -0.05) is 32.3 Å². The lowest BCUT2D eigenvalue weighted by Crippen LogP contribution is -2.63. The third kappa shape index (κ3) is 7.98. The van der Waals surface area contributed by atoms with Gasteiger partial charge in [0.25, 0.3) is 10.2 Å². The fraction of sp³-hybridized carbons (Fsp3) is 0.818. The van der Waals surface area contributed by atoms with Crippen LogP contribution in [-0.4, -0.2) is 70.3 Å². The van der Waals surface area contributed by atoms with Gasteiger partial charge in [0.2, 0.25) is 5.78 Å². The molecular weight excluding hydrogens is 632 g/mol. The number of allylic oxidation sites excluding steroid dienone is 1. The first-order valence-corrected chi connectivity index (χ1v) is 17.1. The highest BCUT2D eigenvalue weighted by atomic mass is 17.0. The SMILES string of the molecule is CC12CCC(=O)C=C1CCC1C2C(O)CC2(C)C1CC[C@]2(OC(=O)CCCCCO[N+](=O)[O-])C(=O)COC(=O)CCCCCO[N+](=O)[O-]. The molecule has 15 heteroatoms. The van der Waals surface area contributed by atoms with Gasteiger partial charge < -0.3 is 24.3 Å². The van der Waals surface area contributed by atoms with Crippen molar-refractivity contribution in [2.45, 2.75) is 122 Å². The third-order valence-electron chi connectivity index (χ3n) is 11.6. The Bertz CT molecular complexity index is 1290. The van der Waals surface area contributed by atoms with Crippen molar-refractivity contribution in [3.63, 3.8) is 0 Å². The quantitative estimate of drug-likeness (QED) is 0.0920. The third-order valence-corrected chi connectivity index (χ3v) is 11.6. The average molecular weight is 681 g/mol. The van der Waals surface area contributed by atoms with Crippen LogP contribution < -0.4 is 0 Å². The summed E-state index contributed by atoms with van der Waals surface area (Å²) in [6, 6.07) is 0. The van der Waals surface area contributed by atoms with Gasteiger partial charge in [-0.2, -0.15) is 0 Å². The second-order valence-corrected chi connectivity index (χ2v) is 14.2. The van der Waals surface area contributed by atoms with Crippen LogP contribution in [0.5, 0.6) is 0 Å². The number of rotatable bonds is 18. The molecule has 0 saturated heterocycles. The summed E-state index contributed by atoms with van der Waals surface area (Å²) >= 11 is 0. The summed E-state index contributed by atoms with van der Waals surface area (Å²) in [5, 5.41) is 30.8. The van der Waals surface area contributed by atoms with E-state index >= 15 is 0 Å². The Balaban J connectivity index is 1.48. The van der Waals surface area contributed by atoms with E-state index in [9.17, 15) is 44.5 Å². The van der Waals surface area contributed by atoms with Crippen molar-refractivity contribution in [2.75, 3.05) is 19.8 Å². The van der Waals surface area contributed by atoms with Crippen molar-refractivity contribution in [2.24, 2.45) is 28.6 Å². The molecule has 0 aromatic carbocycles. The van der Waals surface area contributed by atoms with Gasteiger partial charge in [0, 0.05) is 24.7 Å². The van der Waals surface area contributed by atoms with E-state index in [2.05, 4.69) is 16.6 Å². The summed E-state index contributed by atoms with van der Waals surface area (Å²) in [5.74, 6) is -1.79. The first kappa shape index (κ1) is 37.2. The van der Waals surface area contributed by atoms with Gasteiger partial charge in [-0.25, -0.2) is 0 Å². The predicted octanol–water partition coefficient (Wildman–Crippen LogP) is 4.42. The maximum atomic E-state index is 14.2. The molecule has 48 heavy (non-hydrogen) atoms. The minimum atomic E-state index is -1.63. The topological polar surface area (TPSA) is 212 Å². The lowest BCUT2D eigenvalue weighted by atomic mass is 9.45. The van der Waals surface area contributed by atoms with Crippen molar-refractivity contribution >= 4 is 23.5 Å². The zero-order chi connectivity index (χ0) is 35.1. The van der Waals surface area contributed by atoms with E-state index < -0.39 is 51.6 Å². The number of fused-ring (bicyclic) bond motifs is 5. The van der Waals surface area contributed by atoms with E-state index in [0.29, 0.717) is 57.8 Å². The van der Waals surface area contributed by atoms with E-state index in [-0.39, 0.29) is 67.8 Å². The minimum absolute atomic E-state index is 0.00199. The molecule has 1 N–H and O–H groups in total. The number of aliphatic hydroxyl groups excluding tert-OH is 1. The zero-order valence-electron chi connectivity index (χ0n) is 27.9. The minimum Gasteiger partial charge on any atom is -0.457 e. The molecule has 4 rings (SSSR count). The number of Topliss-reactive ketones (excluding diaryl/α,β-unsaturated/α-hetero) is 1. The van der Waals surface area contributed by atoms with Gasteiger partial charge >= 0.3 is 11.9 Å². The Hall–Kier alpha value is -3.62. The monoisotopic (exact) mass is 680 g/mol. The fourth-order valence-corrected chi connectivity index (χ4v) is 9.31. The Kier molecular flexibility index (Phi) is 12.2. The van der Waals surface area contributed by atoms with Crippen LogP contribution in [0.25, 0.3) is 0 Å². The first-order chi connectivity index (χ1) is 22.7. The number of unbranched alkanes of at least 4 members (excludes halogenated alkanes) is 4. The number of nitrogens with zero attached hydrogens (tertiary/aromatic N) is 2. The number of carbonyl (C=O) groups excluding carboxylic acids is 4. The van der Waals surface area contributed by atoms with E-state index in [4.69, 9.17) is 9.47 Å². The molecule has 0 aromatic rings. The Morgan fingerprint density at radius 3 is 2.15 bits per heavy atom. The van der Waals surface area contributed by atoms with Gasteiger partial charge in [-0.15, -0.1) is 20.2 Å². The van der Waals surface area contributed by atoms with Crippen molar-refractivity contribution < 1.29 is 53.6 Å². The number of ketones is 2. The van der Waals surface area contributed by atoms with Gasteiger partial charge in [-0.3, -0.25) is 19.2 Å². The summed E-state index contributed by atoms with van der Waals surface area (Å²) in [4.78, 5) is 81.6. The molecule has 0 spiro atoms. The standard InChI is InChI=1S/C33H48N2O13/c1-31-15-13-23(36)19-22(31)11-12-24-25-14-16-33(32(25,2)20-26(37)30(24)31,48-29(40)10-6-4-8-18-47-35(43)44)27(38)21-45-28(39)9-5-3-7-17-46-34(41)42/h19,24-26,30,37H,3-18,20-21H2,1-2H3/t24?,25?,26?,30?,31?,32?,33-/m0/s1. The molecule has 3 fully saturated rings. The Morgan fingerprint density at radius 2 is 1.52 bits per heavy atom. The highest BCUT2D eigenvalue weighted by molar-refractivity contribution is 5.93. The maximum absolute atomic E-state index is 14.2. The number of carbonyl (C=O) groups is 4. The second-order valence-electron chi connectivity index (χ2n) is 14.2. The summed E-state index contributed by atoms with van der Waals surface area (Å²) in [7, 11) is 0. The van der Waals surface area contributed by atoms with Crippen LogP contribution in [-0.2, 0) is 38.3 Å². The Labute approximate surface area is 279 Å². The highest BCUT2D eigenvalue weighted by Crippen LogP contribution is 2.68. The molecule has 0 bridgehead atoms. The van der Waals surface area contributed by atoms with Crippen LogP contribution >= 0.6 is 0 Å². The summed E-state index contributed by atoms with van der Waals surface area (Å²) in [6.45, 7) is 3.26. The maximum Gasteiger partial charge on any atom is 0.306 e. The lowest BCUT2D eigenvalue weighted by Gasteiger charge is -2.60. The molecule has 15 nitrogen and oxygen atoms in total. The van der Waals surface area contributed by atoms with Crippen molar-refractivity contribution in [3.05, 3.63) is 31.9 Å². The second kappa shape index (κ2) is 15.7. The van der Waals surface area contributed by atoms with Crippen molar-refractivity contribution in [1.82, 2.24) is 0 Å². The molecule has 0 aliphatic heterocycles. The number of ether oxygens (including phenoxy) is 2. The van der Waals surface area contributed by atoms with E-state index in [1.807, 2.05) is 6.92 Å². The van der Waals surface area contributed by atoms with Crippen LogP contribution in [0, 0.1) is 48.8 Å². The molecule has 4 aliphatic carbocycles. The van der Waals surface area contributed by atoms with E-state index in [0.717, 1.165) is 18.4 Å². The van der Waals surface area contributed by atoms with Crippen molar-refractivity contribution in [1.29, 1.82) is 0 Å². The van der Waals surface area contributed by atoms with Crippen LogP contribution in [0.4, 0.5) is 0 Å². The number of aliphatic hydroxyl groups is 1. The smallest absolute Gasteiger partial charge is 0.306 e. The number of hydrogen-bond acceptors (Lipinski definition) is 13. The van der Waals surface area contributed by atoms with Crippen LogP contribution in [0.1, 0.15) is 110 Å². The average Bonchev–Trinajstić information content (AvgIpc) is 3.31. The summed E-state index contributed by atoms with van der Waals surface area (Å²) in [5.41, 5.74) is -1.83. The van der Waals surface area contributed by atoms with Crippen LogP contribution in [0.3, 0.4) is 0 Å². The summed E-state index contributed by atoms with van der Waals surface area (Å²) < 4.78 is 11.6. The fourth-order valence-electron chi connectivity index (χ4n) is 9.31. The van der Waals surface area contributed by atoms with Gasteiger partial charge in [0.1, 0.15) is 0 Å². The molecule has 0 heterocycles. The van der Waals surface area contributed by atoms with Gasteiger partial charge in [0.05, 0.1) is 19.3 Å². The van der Waals surface area contributed by atoms with E-state index in [1.54, 1.807) is 6.08 Å². The van der Waals surface area contributed by atoms with Gasteiger partial charge in [0.15, 0.2) is 18.0 Å². The highest BCUT2D eigenvalue weighted by Gasteiger charge is 2.70. The predicted molar refractivity (Wildman–Crippen MR) is 166 cm³/mol. The lowest BCUT2D eigenvalue weighted by molar-refractivity contribution is -0.757. The largest absolute Gasteiger partial charge is 0.457 e. The van der Waals surface area contributed by atoms with Crippen LogP contribution in [0.2, 0.25) is 0 Å². The molecule has 0 aromatic heterocycles. The van der Waals surface area contributed by atoms with Crippen molar-refractivity contribution in [3.8, 4) is 0 Å². The molecule has 7 atom stereocenters. The number of esters is 2. The molecule has 4 aliphatic rings. The van der Waals surface area contributed by atoms with E-state index in [1.165, 1.54) is 0 Å². The molecule has 3 saturated carbocycles. The first-order valence-electron chi connectivity index (χ1n) is 17.1. The van der Waals surface area contributed by atoms with Gasteiger partial charge in [-0.05, 0) is 93.5 Å². The molecule has 0 amide bonds.